The number of rotatable bonds is 2. The average Bonchev–Trinajstić information content (AvgIpc) is 2.80. The van der Waals surface area contributed by atoms with Crippen LogP contribution in [0, 0.1) is 30.6 Å². The van der Waals surface area contributed by atoms with Crippen molar-refractivity contribution >= 4 is 5.82 Å². The summed E-state index contributed by atoms with van der Waals surface area (Å²) in [7, 11) is 0. The number of hydrogen-bond donors (Lipinski definition) is 2. The van der Waals surface area contributed by atoms with E-state index in [9.17, 15) is 0 Å². The maximum atomic E-state index is 6.18. The molecule has 21 heavy (non-hydrogen) atoms. The molecule has 1 aromatic carbocycles. The summed E-state index contributed by atoms with van der Waals surface area (Å²) in [6.45, 7) is 2.13. The highest BCUT2D eigenvalue weighted by Gasteiger charge is 2.66. The molecule has 2 bridgehead atoms. The van der Waals surface area contributed by atoms with Crippen LogP contribution in [-0.2, 0) is 0 Å². The van der Waals surface area contributed by atoms with Crippen LogP contribution < -0.4 is 5.73 Å². The molecule has 1 aromatic heterocycles. The van der Waals surface area contributed by atoms with Crippen molar-refractivity contribution in [3.05, 3.63) is 35.5 Å². The third-order valence-corrected chi connectivity index (χ3v) is 6.20. The first kappa shape index (κ1) is 11.8. The number of benzene rings is 1. The molecule has 3 aliphatic rings. The molecule has 0 aliphatic heterocycles. The van der Waals surface area contributed by atoms with Gasteiger partial charge < -0.3 is 5.73 Å². The molecule has 2 aromatic rings. The monoisotopic (exact) mass is 279 g/mol. The Labute approximate surface area is 124 Å². The van der Waals surface area contributed by atoms with Crippen LogP contribution in [0.2, 0.25) is 0 Å². The van der Waals surface area contributed by atoms with Crippen molar-refractivity contribution < 1.29 is 0 Å². The second kappa shape index (κ2) is 3.90. The molecule has 5 rings (SSSR count). The number of aromatic nitrogens is 2. The van der Waals surface area contributed by atoms with Crippen molar-refractivity contribution in [2.45, 2.75) is 32.1 Å². The maximum Gasteiger partial charge on any atom is 0.153 e. The summed E-state index contributed by atoms with van der Waals surface area (Å²) in [4.78, 5) is 0. The minimum Gasteiger partial charge on any atom is -0.382 e. The number of anilines is 1. The first-order chi connectivity index (χ1) is 10.2. The number of hydrogen-bond acceptors (Lipinski definition) is 2. The second-order valence-electron chi connectivity index (χ2n) is 7.28. The Kier molecular flexibility index (Phi) is 2.20. The van der Waals surface area contributed by atoms with Crippen LogP contribution in [-0.4, -0.2) is 10.2 Å². The molecule has 3 saturated carbocycles. The van der Waals surface area contributed by atoms with E-state index < -0.39 is 0 Å². The Morgan fingerprint density at radius 1 is 1.19 bits per heavy atom. The first-order valence-electron chi connectivity index (χ1n) is 8.15. The summed E-state index contributed by atoms with van der Waals surface area (Å²) in [6.07, 6.45) is 4.38. The summed E-state index contributed by atoms with van der Waals surface area (Å²) in [6, 6.07) is 8.62. The van der Waals surface area contributed by atoms with Gasteiger partial charge in [0.2, 0.25) is 0 Å². The lowest BCUT2D eigenvalue weighted by Crippen LogP contribution is -1.99. The summed E-state index contributed by atoms with van der Waals surface area (Å²) < 4.78 is 0. The van der Waals surface area contributed by atoms with E-state index in [4.69, 9.17) is 5.73 Å². The van der Waals surface area contributed by atoms with Gasteiger partial charge in [0, 0.05) is 17.2 Å². The maximum absolute atomic E-state index is 6.18. The smallest absolute Gasteiger partial charge is 0.153 e. The van der Waals surface area contributed by atoms with E-state index in [0.717, 1.165) is 29.2 Å². The Balaban J connectivity index is 1.58. The molecule has 3 N–H and O–H groups in total. The van der Waals surface area contributed by atoms with Crippen molar-refractivity contribution in [2.75, 3.05) is 5.73 Å². The van der Waals surface area contributed by atoms with E-state index in [1.54, 1.807) is 0 Å². The van der Waals surface area contributed by atoms with Gasteiger partial charge in [-0.1, -0.05) is 29.8 Å². The summed E-state index contributed by atoms with van der Waals surface area (Å²) >= 11 is 0. The van der Waals surface area contributed by atoms with Crippen molar-refractivity contribution in [3.8, 4) is 11.1 Å². The zero-order valence-electron chi connectivity index (χ0n) is 12.3. The largest absolute Gasteiger partial charge is 0.382 e. The number of nitrogen functional groups attached to an aromatic ring is 1. The van der Waals surface area contributed by atoms with E-state index in [-0.39, 0.29) is 0 Å². The molecule has 1 heterocycles. The number of H-pyrrole nitrogens is 1. The fourth-order valence-electron chi connectivity index (χ4n) is 5.43. The van der Waals surface area contributed by atoms with Crippen LogP contribution >= 0.6 is 0 Å². The van der Waals surface area contributed by atoms with Gasteiger partial charge in [0.1, 0.15) is 0 Å². The SMILES string of the molecule is Cc1cccc(-c2c(N)n[nH]c2C2C3C4CCC(C4)C23)c1. The highest BCUT2D eigenvalue weighted by Crippen LogP contribution is 2.73. The molecule has 3 nitrogen and oxygen atoms in total. The van der Waals surface area contributed by atoms with Gasteiger partial charge in [-0.05, 0) is 55.4 Å². The van der Waals surface area contributed by atoms with Crippen LogP contribution in [0.1, 0.15) is 36.4 Å². The number of aryl methyl sites for hydroxylation is 1. The normalized spacial score (nSPS) is 36.0. The zero-order chi connectivity index (χ0) is 14.1. The fourth-order valence-corrected chi connectivity index (χ4v) is 5.43. The lowest BCUT2D eigenvalue weighted by molar-refractivity contribution is 0.456. The quantitative estimate of drug-likeness (QED) is 0.880. The van der Waals surface area contributed by atoms with Crippen LogP contribution in [0.25, 0.3) is 11.1 Å². The van der Waals surface area contributed by atoms with E-state index in [1.165, 1.54) is 36.1 Å². The number of fused-ring (bicyclic) bond motifs is 5. The van der Waals surface area contributed by atoms with Crippen LogP contribution in [0.3, 0.4) is 0 Å². The zero-order valence-corrected chi connectivity index (χ0v) is 12.3. The summed E-state index contributed by atoms with van der Waals surface area (Å²) in [5.74, 6) is 5.11. The first-order valence-corrected chi connectivity index (χ1v) is 8.15. The number of nitrogens with one attached hydrogen (secondary N) is 1. The second-order valence-corrected chi connectivity index (χ2v) is 7.28. The number of nitrogens with two attached hydrogens (primary N) is 1. The van der Waals surface area contributed by atoms with Crippen LogP contribution in [0.15, 0.2) is 24.3 Å². The molecular weight excluding hydrogens is 258 g/mol. The number of aromatic amines is 1. The Morgan fingerprint density at radius 3 is 2.67 bits per heavy atom. The molecule has 4 unspecified atom stereocenters. The minimum atomic E-state index is 0.660. The predicted molar refractivity (Wildman–Crippen MR) is 83.7 cm³/mol. The third kappa shape index (κ3) is 1.52. The van der Waals surface area contributed by atoms with Crippen molar-refractivity contribution in [1.82, 2.24) is 10.2 Å². The lowest BCUT2D eigenvalue weighted by atomic mass is 9.95. The molecule has 0 spiro atoms. The third-order valence-electron chi connectivity index (χ3n) is 6.20. The van der Waals surface area contributed by atoms with E-state index in [1.807, 2.05) is 0 Å². The van der Waals surface area contributed by atoms with Gasteiger partial charge in [-0.2, -0.15) is 5.10 Å². The van der Waals surface area contributed by atoms with E-state index in [2.05, 4.69) is 41.4 Å². The topological polar surface area (TPSA) is 54.7 Å². The van der Waals surface area contributed by atoms with Gasteiger partial charge in [-0.3, -0.25) is 5.10 Å². The van der Waals surface area contributed by atoms with Gasteiger partial charge in [0.25, 0.3) is 0 Å². The summed E-state index contributed by atoms with van der Waals surface area (Å²) in [5, 5.41) is 7.61. The van der Waals surface area contributed by atoms with Gasteiger partial charge >= 0.3 is 0 Å². The molecule has 3 aliphatic carbocycles. The Morgan fingerprint density at radius 2 is 1.95 bits per heavy atom. The lowest BCUT2D eigenvalue weighted by Gasteiger charge is -2.10. The Hall–Kier alpha value is -1.77. The molecule has 4 atom stereocenters. The summed E-state index contributed by atoms with van der Waals surface area (Å²) in [5.41, 5.74) is 11.1. The van der Waals surface area contributed by atoms with Gasteiger partial charge in [-0.25, -0.2) is 0 Å². The standard InChI is InChI=1S/C18H21N3/c1-9-3-2-4-10(7-9)15-17(20-21-18(15)19)16-13-11-5-6-12(8-11)14(13)16/h2-4,7,11-14,16H,5-6,8H2,1H3,(H3,19,20,21). The van der Waals surface area contributed by atoms with E-state index in [0.29, 0.717) is 11.7 Å². The molecule has 0 amide bonds. The van der Waals surface area contributed by atoms with Gasteiger partial charge in [0.15, 0.2) is 5.82 Å². The molecular formula is C18H21N3. The highest BCUT2D eigenvalue weighted by molar-refractivity contribution is 5.77. The predicted octanol–water partition coefficient (Wildman–Crippen LogP) is 3.73. The van der Waals surface area contributed by atoms with Crippen molar-refractivity contribution in [2.24, 2.45) is 23.7 Å². The molecule has 3 fully saturated rings. The minimum absolute atomic E-state index is 0.660. The molecule has 0 saturated heterocycles. The highest BCUT2D eigenvalue weighted by atomic mass is 15.2. The Bertz CT molecular complexity index is 701. The van der Waals surface area contributed by atoms with Gasteiger partial charge in [-0.15, -0.1) is 0 Å². The van der Waals surface area contributed by atoms with Gasteiger partial charge in [0.05, 0.1) is 0 Å². The molecule has 0 radical (unpaired) electrons. The van der Waals surface area contributed by atoms with Crippen LogP contribution in [0.5, 0.6) is 0 Å². The van der Waals surface area contributed by atoms with Crippen LogP contribution in [0.4, 0.5) is 5.82 Å². The van der Waals surface area contributed by atoms with Crippen molar-refractivity contribution in [1.29, 1.82) is 0 Å². The molecule has 108 valence electrons. The van der Waals surface area contributed by atoms with Crippen molar-refractivity contribution in [3.63, 3.8) is 0 Å². The number of nitrogens with zero attached hydrogens (tertiary/aromatic N) is 1. The molecule has 3 heteroatoms. The van der Waals surface area contributed by atoms with E-state index >= 15 is 0 Å². The average molecular weight is 279 g/mol. The fraction of sp³-hybridized carbons (Fsp3) is 0.500.